The predicted molar refractivity (Wildman–Crippen MR) is 69.1 cm³/mol. The average molecular weight is 240 g/mol. The second-order valence-electron chi connectivity index (χ2n) is 4.98. The molecule has 0 saturated heterocycles. The van der Waals surface area contributed by atoms with E-state index in [4.69, 9.17) is 0 Å². The predicted octanol–water partition coefficient (Wildman–Crippen LogP) is 2.61. The SMILES string of the molecule is CC1CCC(O)(c2cnccn2)c2ccccc21. The molecule has 2 aromatic rings. The Morgan fingerprint density at radius 1 is 1.28 bits per heavy atom. The van der Waals surface area contributed by atoms with Gasteiger partial charge in [-0.3, -0.25) is 9.97 Å². The molecule has 3 nitrogen and oxygen atoms in total. The average Bonchev–Trinajstić information content (AvgIpc) is 2.44. The van der Waals surface area contributed by atoms with Crippen molar-refractivity contribution in [1.82, 2.24) is 9.97 Å². The fourth-order valence-electron chi connectivity index (χ4n) is 2.80. The molecule has 0 radical (unpaired) electrons. The van der Waals surface area contributed by atoms with Gasteiger partial charge in [-0.1, -0.05) is 31.2 Å². The van der Waals surface area contributed by atoms with Crippen LogP contribution in [0.3, 0.4) is 0 Å². The minimum atomic E-state index is -0.989. The maximum atomic E-state index is 11.0. The van der Waals surface area contributed by atoms with Crippen molar-refractivity contribution in [3.05, 3.63) is 59.7 Å². The molecule has 1 heterocycles. The maximum absolute atomic E-state index is 11.0. The Morgan fingerprint density at radius 2 is 2.11 bits per heavy atom. The van der Waals surface area contributed by atoms with Crippen LogP contribution in [0.2, 0.25) is 0 Å². The lowest BCUT2D eigenvalue weighted by molar-refractivity contribution is 0.0532. The Kier molecular flexibility index (Phi) is 2.63. The molecular weight excluding hydrogens is 224 g/mol. The van der Waals surface area contributed by atoms with Crippen molar-refractivity contribution in [2.45, 2.75) is 31.3 Å². The first-order valence-corrected chi connectivity index (χ1v) is 6.30. The van der Waals surface area contributed by atoms with Gasteiger partial charge in [-0.25, -0.2) is 0 Å². The van der Waals surface area contributed by atoms with Crippen LogP contribution in [0.15, 0.2) is 42.9 Å². The zero-order chi connectivity index (χ0) is 12.6. The lowest BCUT2D eigenvalue weighted by Crippen LogP contribution is -2.33. The highest BCUT2D eigenvalue weighted by Crippen LogP contribution is 2.43. The summed E-state index contributed by atoms with van der Waals surface area (Å²) < 4.78 is 0. The van der Waals surface area contributed by atoms with Gasteiger partial charge in [0.1, 0.15) is 5.60 Å². The van der Waals surface area contributed by atoms with Crippen molar-refractivity contribution in [2.24, 2.45) is 0 Å². The Morgan fingerprint density at radius 3 is 2.89 bits per heavy atom. The minimum Gasteiger partial charge on any atom is -0.379 e. The van der Waals surface area contributed by atoms with Gasteiger partial charge in [0.25, 0.3) is 0 Å². The molecule has 0 aliphatic heterocycles. The van der Waals surface area contributed by atoms with Crippen LogP contribution >= 0.6 is 0 Å². The first-order chi connectivity index (χ1) is 8.72. The Hall–Kier alpha value is -1.74. The molecule has 1 aromatic heterocycles. The first-order valence-electron chi connectivity index (χ1n) is 6.30. The van der Waals surface area contributed by atoms with Crippen molar-refractivity contribution in [3.8, 4) is 0 Å². The van der Waals surface area contributed by atoms with Gasteiger partial charge in [0.2, 0.25) is 0 Å². The van der Waals surface area contributed by atoms with Crippen molar-refractivity contribution >= 4 is 0 Å². The molecule has 0 fully saturated rings. The highest BCUT2D eigenvalue weighted by Gasteiger charge is 2.39. The van der Waals surface area contributed by atoms with E-state index in [2.05, 4.69) is 23.0 Å². The molecule has 92 valence electrons. The molecule has 1 N–H and O–H groups in total. The number of nitrogens with zero attached hydrogens (tertiary/aromatic N) is 2. The van der Waals surface area contributed by atoms with Crippen LogP contribution in [0.25, 0.3) is 0 Å². The van der Waals surface area contributed by atoms with Gasteiger partial charge in [0, 0.05) is 12.4 Å². The molecule has 2 unspecified atom stereocenters. The fourth-order valence-corrected chi connectivity index (χ4v) is 2.80. The van der Waals surface area contributed by atoms with Crippen molar-refractivity contribution in [3.63, 3.8) is 0 Å². The van der Waals surface area contributed by atoms with E-state index in [1.807, 2.05) is 18.2 Å². The third-order valence-corrected chi connectivity index (χ3v) is 3.86. The molecule has 3 rings (SSSR count). The number of rotatable bonds is 1. The summed E-state index contributed by atoms with van der Waals surface area (Å²) in [4.78, 5) is 8.36. The topological polar surface area (TPSA) is 46.0 Å². The van der Waals surface area contributed by atoms with E-state index in [1.54, 1.807) is 18.6 Å². The first kappa shape index (κ1) is 11.4. The summed E-state index contributed by atoms with van der Waals surface area (Å²) in [7, 11) is 0. The van der Waals surface area contributed by atoms with E-state index in [1.165, 1.54) is 5.56 Å². The highest BCUT2D eigenvalue weighted by atomic mass is 16.3. The van der Waals surface area contributed by atoms with Crippen LogP contribution in [0.1, 0.15) is 42.5 Å². The number of aliphatic hydroxyl groups is 1. The Labute approximate surface area is 107 Å². The summed E-state index contributed by atoms with van der Waals surface area (Å²) in [5.74, 6) is 0.484. The summed E-state index contributed by atoms with van der Waals surface area (Å²) >= 11 is 0. The summed E-state index contributed by atoms with van der Waals surface area (Å²) in [6.07, 6.45) is 6.58. The zero-order valence-corrected chi connectivity index (χ0v) is 10.4. The molecule has 3 heteroatoms. The van der Waals surface area contributed by atoms with Crippen LogP contribution < -0.4 is 0 Å². The lowest BCUT2D eigenvalue weighted by Gasteiger charge is -2.36. The monoisotopic (exact) mass is 240 g/mol. The van der Waals surface area contributed by atoms with Crippen LogP contribution in [0, 0.1) is 0 Å². The highest BCUT2D eigenvalue weighted by molar-refractivity contribution is 5.41. The van der Waals surface area contributed by atoms with Gasteiger partial charge in [-0.05, 0) is 29.9 Å². The molecule has 0 bridgehead atoms. The maximum Gasteiger partial charge on any atom is 0.133 e. The van der Waals surface area contributed by atoms with Crippen LogP contribution in [0.5, 0.6) is 0 Å². The normalized spacial score (nSPS) is 26.7. The van der Waals surface area contributed by atoms with E-state index in [0.29, 0.717) is 18.0 Å². The molecule has 0 saturated carbocycles. The fraction of sp³-hybridized carbons (Fsp3) is 0.333. The molecule has 18 heavy (non-hydrogen) atoms. The van der Waals surface area contributed by atoms with E-state index in [9.17, 15) is 5.11 Å². The zero-order valence-electron chi connectivity index (χ0n) is 10.4. The number of fused-ring (bicyclic) bond motifs is 1. The third-order valence-electron chi connectivity index (χ3n) is 3.86. The van der Waals surface area contributed by atoms with E-state index in [0.717, 1.165) is 12.0 Å². The molecule has 0 spiro atoms. The second-order valence-corrected chi connectivity index (χ2v) is 4.98. The van der Waals surface area contributed by atoms with Gasteiger partial charge in [-0.2, -0.15) is 0 Å². The smallest absolute Gasteiger partial charge is 0.133 e. The molecular formula is C15H16N2O. The number of hydrogen-bond acceptors (Lipinski definition) is 3. The van der Waals surface area contributed by atoms with Crippen LogP contribution in [-0.4, -0.2) is 15.1 Å². The standard InChI is InChI=1S/C15H16N2O/c1-11-6-7-15(18,14-10-16-8-9-17-14)13-5-3-2-4-12(11)13/h2-5,8-11,18H,6-7H2,1H3. The summed E-state index contributed by atoms with van der Waals surface area (Å²) in [5, 5.41) is 11.0. The quantitative estimate of drug-likeness (QED) is 0.833. The van der Waals surface area contributed by atoms with Crippen LogP contribution in [0.4, 0.5) is 0 Å². The molecule has 0 amide bonds. The molecule has 1 aliphatic rings. The largest absolute Gasteiger partial charge is 0.379 e. The third kappa shape index (κ3) is 1.63. The Bertz CT molecular complexity index is 555. The molecule has 1 aromatic carbocycles. The summed E-state index contributed by atoms with van der Waals surface area (Å²) in [6, 6.07) is 8.09. The van der Waals surface area contributed by atoms with Gasteiger partial charge in [0.05, 0.1) is 11.9 Å². The second kappa shape index (κ2) is 4.18. The van der Waals surface area contributed by atoms with Gasteiger partial charge < -0.3 is 5.11 Å². The van der Waals surface area contributed by atoms with Gasteiger partial charge in [-0.15, -0.1) is 0 Å². The van der Waals surface area contributed by atoms with Crippen molar-refractivity contribution in [1.29, 1.82) is 0 Å². The van der Waals surface area contributed by atoms with E-state index < -0.39 is 5.60 Å². The number of aromatic nitrogens is 2. The van der Waals surface area contributed by atoms with Crippen molar-refractivity contribution in [2.75, 3.05) is 0 Å². The number of hydrogen-bond donors (Lipinski definition) is 1. The van der Waals surface area contributed by atoms with Crippen LogP contribution in [-0.2, 0) is 5.60 Å². The van der Waals surface area contributed by atoms with Gasteiger partial charge in [0.15, 0.2) is 0 Å². The lowest BCUT2D eigenvalue weighted by atomic mass is 9.73. The summed E-state index contributed by atoms with van der Waals surface area (Å²) in [5.41, 5.74) is 1.85. The molecule has 1 aliphatic carbocycles. The van der Waals surface area contributed by atoms with Gasteiger partial charge >= 0.3 is 0 Å². The van der Waals surface area contributed by atoms with E-state index >= 15 is 0 Å². The molecule has 2 atom stereocenters. The van der Waals surface area contributed by atoms with E-state index in [-0.39, 0.29) is 0 Å². The minimum absolute atomic E-state index is 0.484. The van der Waals surface area contributed by atoms with Crippen molar-refractivity contribution < 1.29 is 5.11 Å². The number of benzene rings is 1. The summed E-state index contributed by atoms with van der Waals surface area (Å²) in [6.45, 7) is 2.20. The Balaban J connectivity index is 2.17.